The third-order valence-electron chi connectivity index (χ3n) is 5.04. The summed E-state index contributed by atoms with van der Waals surface area (Å²) in [6.45, 7) is 0.699. The molecule has 3 aliphatic rings. The molecule has 2 amide bonds. The number of carbonyl (C=O) groups excluding carboxylic acids is 2. The van der Waals surface area contributed by atoms with Crippen molar-refractivity contribution in [3.05, 3.63) is 0 Å². The summed E-state index contributed by atoms with van der Waals surface area (Å²) >= 11 is 0. The summed E-state index contributed by atoms with van der Waals surface area (Å²) in [4.78, 5) is 36.5. The van der Waals surface area contributed by atoms with Crippen LogP contribution in [0.5, 0.6) is 0 Å². The summed E-state index contributed by atoms with van der Waals surface area (Å²) in [5.74, 6) is -0.964. The summed E-state index contributed by atoms with van der Waals surface area (Å²) in [6.07, 6.45) is 4.18. The number of nitrogens with one attached hydrogen (secondary N) is 1. The first-order chi connectivity index (χ1) is 9.56. The third kappa shape index (κ3) is 2.27. The third-order valence-corrected chi connectivity index (χ3v) is 5.04. The van der Waals surface area contributed by atoms with Crippen molar-refractivity contribution in [2.45, 2.75) is 38.1 Å². The van der Waals surface area contributed by atoms with E-state index in [4.69, 9.17) is 0 Å². The minimum Gasteiger partial charge on any atom is -0.481 e. The number of likely N-dealkylation sites (tertiary alicyclic amines) is 1. The highest BCUT2D eigenvalue weighted by molar-refractivity contribution is 5.86. The first-order valence-corrected chi connectivity index (χ1v) is 7.36. The molecule has 110 valence electrons. The summed E-state index contributed by atoms with van der Waals surface area (Å²) < 4.78 is 0. The zero-order valence-corrected chi connectivity index (χ0v) is 11.4. The van der Waals surface area contributed by atoms with E-state index in [2.05, 4.69) is 5.32 Å². The summed E-state index contributed by atoms with van der Waals surface area (Å²) in [6, 6.07) is -0.253. The molecule has 2 bridgehead atoms. The van der Waals surface area contributed by atoms with Crippen molar-refractivity contribution >= 4 is 17.8 Å². The van der Waals surface area contributed by atoms with Crippen LogP contribution in [0.2, 0.25) is 0 Å². The average Bonchev–Trinajstić information content (AvgIpc) is 3.06. The highest BCUT2D eigenvalue weighted by Gasteiger charge is 2.51. The number of carboxylic acids is 1. The van der Waals surface area contributed by atoms with Gasteiger partial charge in [0.05, 0.1) is 12.5 Å². The van der Waals surface area contributed by atoms with E-state index < -0.39 is 11.9 Å². The van der Waals surface area contributed by atoms with Crippen LogP contribution in [0.3, 0.4) is 0 Å². The molecule has 3 fully saturated rings. The topological polar surface area (TPSA) is 86.7 Å². The molecular formula is C14H20N2O4. The number of nitrogens with zero attached hydrogens (tertiary/aromatic N) is 1. The maximum absolute atomic E-state index is 12.0. The molecular weight excluding hydrogens is 260 g/mol. The van der Waals surface area contributed by atoms with Gasteiger partial charge in [0.1, 0.15) is 0 Å². The number of carbonyl (C=O) groups is 3. The lowest BCUT2D eigenvalue weighted by Gasteiger charge is -2.29. The molecule has 0 radical (unpaired) electrons. The number of hydrogen-bond acceptors (Lipinski definition) is 3. The number of hydrogen-bond donors (Lipinski definition) is 2. The minimum atomic E-state index is -0.806. The van der Waals surface area contributed by atoms with E-state index in [1.54, 1.807) is 4.90 Å². The van der Waals surface area contributed by atoms with Crippen LogP contribution in [-0.4, -0.2) is 46.9 Å². The quantitative estimate of drug-likeness (QED) is 0.771. The van der Waals surface area contributed by atoms with Gasteiger partial charge in [-0.3, -0.25) is 14.4 Å². The monoisotopic (exact) mass is 280 g/mol. The maximum Gasteiger partial charge on any atom is 0.308 e. The molecule has 0 spiro atoms. The molecule has 1 aliphatic heterocycles. The Labute approximate surface area is 117 Å². The Kier molecular flexibility index (Phi) is 3.40. The van der Waals surface area contributed by atoms with Crippen molar-refractivity contribution in [2.75, 3.05) is 13.1 Å². The fourth-order valence-corrected chi connectivity index (χ4v) is 4.13. The van der Waals surface area contributed by atoms with Gasteiger partial charge in [-0.15, -0.1) is 0 Å². The SMILES string of the molecule is O=C(CN1CCCC1=O)NC1C2CCC(C2)C1C(=O)O. The Bertz CT molecular complexity index is 450. The van der Waals surface area contributed by atoms with Gasteiger partial charge in [-0.05, 0) is 37.5 Å². The standard InChI is InChI=1S/C14H20N2O4/c17-10(7-16-5-1-2-11(16)18)15-13-9-4-3-8(6-9)12(13)14(19)20/h8-9,12-13H,1-7H2,(H,15,17)(H,19,20). The van der Waals surface area contributed by atoms with Crippen LogP contribution in [-0.2, 0) is 14.4 Å². The lowest BCUT2D eigenvalue weighted by Crippen LogP contribution is -2.49. The lowest BCUT2D eigenvalue weighted by molar-refractivity contribution is -0.145. The summed E-state index contributed by atoms with van der Waals surface area (Å²) in [5, 5.41) is 12.2. The predicted molar refractivity (Wildman–Crippen MR) is 69.7 cm³/mol. The van der Waals surface area contributed by atoms with E-state index in [1.165, 1.54) is 0 Å². The van der Waals surface area contributed by atoms with Crippen LogP contribution in [0.4, 0.5) is 0 Å². The fraction of sp³-hybridized carbons (Fsp3) is 0.786. The van der Waals surface area contributed by atoms with Gasteiger partial charge in [0, 0.05) is 19.0 Å². The molecule has 0 aromatic rings. The zero-order chi connectivity index (χ0) is 14.3. The number of fused-ring (bicyclic) bond motifs is 2. The van der Waals surface area contributed by atoms with Gasteiger partial charge in [0.25, 0.3) is 0 Å². The molecule has 2 N–H and O–H groups in total. The number of amides is 2. The second kappa shape index (κ2) is 5.07. The normalized spacial score (nSPS) is 35.6. The summed E-state index contributed by atoms with van der Waals surface area (Å²) in [5.41, 5.74) is 0. The van der Waals surface area contributed by atoms with Crippen LogP contribution >= 0.6 is 0 Å². The van der Waals surface area contributed by atoms with E-state index in [9.17, 15) is 19.5 Å². The molecule has 6 nitrogen and oxygen atoms in total. The van der Waals surface area contributed by atoms with Crippen molar-refractivity contribution in [1.82, 2.24) is 10.2 Å². The molecule has 3 rings (SSSR count). The van der Waals surface area contributed by atoms with Crippen molar-refractivity contribution in [2.24, 2.45) is 17.8 Å². The summed E-state index contributed by atoms with van der Waals surface area (Å²) in [7, 11) is 0. The van der Waals surface area contributed by atoms with E-state index in [-0.39, 0.29) is 30.3 Å². The second-order valence-electron chi connectivity index (χ2n) is 6.21. The lowest BCUT2D eigenvalue weighted by atomic mass is 9.84. The fourth-order valence-electron chi connectivity index (χ4n) is 4.13. The van der Waals surface area contributed by atoms with E-state index in [1.807, 2.05) is 0 Å². The van der Waals surface area contributed by atoms with Gasteiger partial charge in [0.15, 0.2) is 0 Å². The molecule has 1 heterocycles. The first kappa shape index (κ1) is 13.4. The second-order valence-corrected chi connectivity index (χ2v) is 6.21. The molecule has 1 saturated heterocycles. The Morgan fingerprint density at radius 3 is 2.70 bits per heavy atom. The van der Waals surface area contributed by atoms with Crippen LogP contribution in [0.15, 0.2) is 0 Å². The molecule has 2 saturated carbocycles. The van der Waals surface area contributed by atoms with Crippen molar-refractivity contribution < 1.29 is 19.5 Å². The maximum atomic E-state index is 12.0. The Morgan fingerprint density at radius 2 is 2.05 bits per heavy atom. The minimum absolute atomic E-state index is 0.0166. The van der Waals surface area contributed by atoms with Gasteiger partial charge < -0.3 is 15.3 Å². The van der Waals surface area contributed by atoms with E-state index in [0.717, 1.165) is 25.7 Å². The molecule has 0 aromatic carbocycles. The Balaban J connectivity index is 1.60. The molecule has 4 unspecified atom stereocenters. The van der Waals surface area contributed by atoms with Crippen LogP contribution in [0.25, 0.3) is 0 Å². The highest BCUT2D eigenvalue weighted by Crippen LogP contribution is 2.48. The predicted octanol–water partition coefficient (Wildman–Crippen LogP) is 0.224. The Hall–Kier alpha value is -1.59. The first-order valence-electron chi connectivity index (χ1n) is 7.36. The molecule has 4 atom stereocenters. The Morgan fingerprint density at radius 1 is 1.30 bits per heavy atom. The van der Waals surface area contributed by atoms with Gasteiger partial charge in [0.2, 0.25) is 11.8 Å². The molecule has 6 heteroatoms. The smallest absolute Gasteiger partial charge is 0.308 e. The zero-order valence-electron chi connectivity index (χ0n) is 11.4. The largest absolute Gasteiger partial charge is 0.481 e. The van der Waals surface area contributed by atoms with E-state index >= 15 is 0 Å². The number of rotatable bonds is 4. The van der Waals surface area contributed by atoms with Crippen LogP contribution in [0.1, 0.15) is 32.1 Å². The van der Waals surface area contributed by atoms with Gasteiger partial charge in [-0.25, -0.2) is 0 Å². The van der Waals surface area contributed by atoms with Crippen molar-refractivity contribution in [3.8, 4) is 0 Å². The molecule has 2 aliphatic carbocycles. The average molecular weight is 280 g/mol. The van der Waals surface area contributed by atoms with Crippen LogP contribution < -0.4 is 5.32 Å². The van der Waals surface area contributed by atoms with Gasteiger partial charge >= 0.3 is 5.97 Å². The molecule has 0 aromatic heterocycles. The van der Waals surface area contributed by atoms with Crippen molar-refractivity contribution in [3.63, 3.8) is 0 Å². The van der Waals surface area contributed by atoms with Crippen molar-refractivity contribution in [1.29, 1.82) is 0 Å². The number of carboxylic acid groups (broad SMARTS) is 1. The van der Waals surface area contributed by atoms with Crippen LogP contribution in [0, 0.1) is 17.8 Å². The van der Waals surface area contributed by atoms with Gasteiger partial charge in [-0.2, -0.15) is 0 Å². The number of aliphatic carboxylic acids is 1. The van der Waals surface area contributed by atoms with Gasteiger partial charge in [-0.1, -0.05) is 0 Å². The molecule has 20 heavy (non-hydrogen) atoms. The van der Waals surface area contributed by atoms with E-state index in [0.29, 0.717) is 18.9 Å². The highest BCUT2D eigenvalue weighted by atomic mass is 16.4.